The zero-order valence-corrected chi connectivity index (χ0v) is 7.81. The third kappa shape index (κ3) is 315. The van der Waals surface area contributed by atoms with Crippen molar-refractivity contribution in [1.82, 2.24) is 0 Å². The minimum atomic E-state index is 0. The summed E-state index contributed by atoms with van der Waals surface area (Å²) in [5.41, 5.74) is 0. The lowest BCUT2D eigenvalue weighted by Gasteiger charge is -1.98. The summed E-state index contributed by atoms with van der Waals surface area (Å²) in [6.45, 7) is 6.74. The molecule has 4 heteroatoms. The number of carbonyl (C=O) groups excluding carboxylic acids is 2. The van der Waals surface area contributed by atoms with Gasteiger partial charge in [0, 0.05) is 0 Å². The Morgan fingerprint density at radius 2 is 0.941 bits per heavy atom. The molecular weight excluding hydrogens is 216 g/mol. The molecule has 0 radical (unpaired) electrons. The molecule has 0 aliphatic rings. The molecular formula is C13H36N2O2. The Balaban J connectivity index is -0.0000000111. The Hall–Kier alpha value is -1.24. The fourth-order valence-corrected chi connectivity index (χ4v) is 0.289. The fourth-order valence-electron chi connectivity index (χ4n) is 0.289. The number of nitrogens with one attached hydrogen (secondary N) is 2. The molecule has 0 heterocycles. The molecule has 0 fully saturated rings. The van der Waals surface area contributed by atoms with E-state index in [-0.39, 0.29) is 37.1 Å². The van der Waals surface area contributed by atoms with Gasteiger partial charge in [0.1, 0.15) is 0 Å². The van der Waals surface area contributed by atoms with Crippen LogP contribution in [0, 0.1) is 16.7 Å². The van der Waals surface area contributed by atoms with Crippen LogP contribution in [-0.2, 0) is 9.59 Å². The van der Waals surface area contributed by atoms with Crippen LogP contribution in [0.2, 0.25) is 0 Å². The average Bonchev–Trinajstić information content (AvgIpc) is 2.06. The molecule has 0 atom stereocenters. The molecule has 0 aliphatic carbocycles. The molecule has 0 amide bonds. The van der Waals surface area contributed by atoms with Crippen molar-refractivity contribution >= 4 is 12.2 Å². The van der Waals surface area contributed by atoms with Crippen molar-refractivity contribution in [1.29, 1.82) is 10.8 Å². The zero-order valence-electron chi connectivity index (χ0n) is 7.81. The van der Waals surface area contributed by atoms with E-state index in [1.54, 1.807) is 0 Å². The van der Waals surface area contributed by atoms with Crippen molar-refractivity contribution in [3.63, 3.8) is 0 Å². The first kappa shape index (κ1) is 57.0. The van der Waals surface area contributed by atoms with Crippen molar-refractivity contribution in [2.45, 2.75) is 70.7 Å². The van der Waals surface area contributed by atoms with E-state index in [0.717, 1.165) is 18.1 Å². The summed E-state index contributed by atoms with van der Waals surface area (Å²) in [6.07, 6.45) is 4.16. The maximum absolute atomic E-state index is 8.35. The molecule has 2 N–H and O–H groups in total. The van der Waals surface area contributed by atoms with E-state index in [4.69, 9.17) is 20.4 Å². The molecule has 0 aliphatic heterocycles. The summed E-state index contributed by atoms with van der Waals surface area (Å²) in [5.74, 6) is 0.935. The summed E-state index contributed by atoms with van der Waals surface area (Å²) < 4.78 is 0. The molecule has 0 bridgehead atoms. The monoisotopic (exact) mass is 252 g/mol. The van der Waals surface area contributed by atoms with Crippen LogP contribution in [0.3, 0.4) is 0 Å². The largest absolute Gasteiger partial charge is 0.231 e. The quantitative estimate of drug-likeness (QED) is 0.507. The Labute approximate surface area is 110 Å². The van der Waals surface area contributed by atoms with Gasteiger partial charge in [-0.3, -0.25) is 0 Å². The van der Waals surface area contributed by atoms with E-state index in [1.165, 1.54) is 12.8 Å². The van der Waals surface area contributed by atoms with Crippen molar-refractivity contribution < 1.29 is 9.59 Å². The van der Waals surface area contributed by atoms with Crippen LogP contribution in [0.25, 0.3) is 0 Å². The minimum Gasteiger partial charge on any atom is -0.222 e. The molecule has 110 valence electrons. The molecule has 0 aromatic carbocycles. The molecule has 0 aromatic heterocycles. The van der Waals surface area contributed by atoms with Gasteiger partial charge in [0.05, 0.1) is 0 Å². The van der Waals surface area contributed by atoms with Crippen molar-refractivity contribution in [2.75, 3.05) is 0 Å². The van der Waals surface area contributed by atoms with Crippen LogP contribution in [-0.4, -0.2) is 12.2 Å². The summed E-state index contributed by atoms with van der Waals surface area (Å²) in [7, 11) is 0. The maximum Gasteiger partial charge on any atom is 0.231 e. The van der Waals surface area contributed by atoms with Gasteiger partial charge in [-0.15, -0.1) is 0 Å². The maximum atomic E-state index is 8.35. The molecule has 0 aromatic rings. The van der Waals surface area contributed by atoms with Crippen molar-refractivity contribution in [3.8, 4) is 0 Å². The Morgan fingerprint density at radius 1 is 0.824 bits per heavy atom. The zero-order chi connectivity index (χ0) is 10.4. The van der Waals surface area contributed by atoms with Crippen LogP contribution in [0.1, 0.15) is 70.7 Å². The number of rotatable bonds is 2. The highest BCUT2D eigenvalue weighted by Crippen LogP contribution is 2.02. The highest BCUT2D eigenvalue weighted by Gasteiger charge is 1.88. The molecule has 0 saturated carbocycles. The van der Waals surface area contributed by atoms with Gasteiger partial charge < -0.3 is 0 Å². The topological polar surface area (TPSA) is 81.8 Å². The SMILES string of the molecule is C.C.C.C.C.CCC(C)CC.N=C=O.N=C=O. The second kappa shape index (κ2) is 84.2. The third-order valence-corrected chi connectivity index (χ3v) is 1.39. The van der Waals surface area contributed by atoms with E-state index >= 15 is 0 Å². The first-order chi connectivity index (χ1) is 5.64. The van der Waals surface area contributed by atoms with Gasteiger partial charge in [0.15, 0.2) is 0 Å². The lowest BCUT2D eigenvalue weighted by atomic mass is 10.1. The Kier molecular flexibility index (Phi) is 283. The second-order valence-electron chi connectivity index (χ2n) is 2.13. The van der Waals surface area contributed by atoms with Gasteiger partial charge in [0.25, 0.3) is 0 Å². The summed E-state index contributed by atoms with van der Waals surface area (Å²) in [5, 5.41) is 10.8. The van der Waals surface area contributed by atoms with E-state index in [1.807, 2.05) is 0 Å². The van der Waals surface area contributed by atoms with Crippen LogP contribution >= 0.6 is 0 Å². The van der Waals surface area contributed by atoms with Crippen molar-refractivity contribution in [2.24, 2.45) is 5.92 Å². The smallest absolute Gasteiger partial charge is 0.222 e. The van der Waals surface area contributed by atoms with E-state index in [9.17, 15) is 0 Å². The summed E-state index contributed by atoms with van der Waals surface area (Å²) in [6, 6.07) is 0. The Morgan fingerprint density at radius 3 is 0.941 bits per heavy atom. The van der Waals surface area contributed by atoms with Gasteiger partial charge in [-0.05, 0) is 5.92 Å². The standard InChI is InChI=1S/C6H14.2CHNO.5CH4/c1-4-6(3)5-2;2*2-1-3;;;;;/h6H,4-5H2,1-3H3;2*2H;5*1H4. The van der Waals surface area contributed by atoms with Crippen LogP contribution in [0.5, 0.6) is 0 Å². The van der Waals surface area contributed by atoms with E-state index in [2.05, 4.69) is 20.8 Å². The van der Waals surface area contributed by atoms with Gasteiger partial charge >= 0.3 is 0 Å². The first-order valence-corrected chi connectivity index (χ1v) is 3.72. The lowest BCUT2D eigenvalue weighted by Crippen LogP contribution is -1.85. The predicted molar refractivity (Wildman–Crippen MR) is 80.2 cm³/mol. The minimum absolute atomic E-state index is 0. The third-order valence-electron chi connectivity index (χ3n) is 1.39. The van der Waals surface area contributed by atoms with E-state index < -0.39 is 0 Å². The van der Waals surface area contributed by atoms with Crippen molar-refractivity contribution in [3.05, 3.63) is 0 Å². The van der Waals surface area contributed by atoms with E-state index in [0.29, 0.717) is 0 Å². The van der Waals surface area contributed by atoms with Gasteiger partial charge in [-0.2, -0.15) is 0 Å². The molecule has 0 rings (SSSR count). The number of hydrogen-bond donors (Lipinski definition) is 2. The number of hydrogen-bond acceptors (Lipinski definition) is 4. The highest BCUT2D eigenvalue weighted by atomic mass is 16.1. The molecule has 0 saturated heterocycles. The normalized spacial score (nSPS) is 4.47. The summed E-state index contributed by atoms with van der Waals surface area (Å²) in [4.78, 5) is 16.7. The average molecular weight is 252 g/mol. The van der Waals surface area contributed by atoms with Gasteiger partial charge in [-0.1, -0.05) is 70.7 Å². The van der Waals surface area contributed by atoms with Crippen LogP contribution < -0.4 is 0 Å². The first-order valence-electron chi connectivity index (χ1n) is 3.72. The molecule has 0 spiro atoms. The fraction of sp³-hybridized carbons (Fsp3) is 0.846. The molecule has 4 nitrogen and oxygen atoms in total. The van der Waals surface area contributed by atoms with Crippen LogP contribution in [0.15, 0.2) is 0 Å². The summed E-state index contributed by atoms with van der Waals surface area (Å²) >= 11 is 0. The van der Waals surface area contributed by atoms with Crippen LogP contribution in [0.4, 0.5) is 0 Å². The second-order valence-corrected chi connectivity index (χ2v) is 2.13. The number of isocyanates is 2. The highest BCUT2D eigenvalue weighted by molar-refractivity contribution is 5.26. The van der Waals surface area contributed by atoms with Gasteiger partial charge in [-0.25, -0.2) is 20.4 Å². The lowest BCUT2D eigenvalue weighted by molar-refractivity contribution is 0.544. The predicted octanol–water partition coefficient (Wildman–Crippen LogP) is 5.42. The molecule has 0 unspecified atom stereocenters. The molecule has 17 heavy (non-hydrogen) atoms. The van der Waals surface area contributed by atoms with Gasteiger partial charge in [0.2, 0.25) is 12.2 Å². The Bertz CT molecular complexity index is 120.